The monoisotopic (exact) mass is 317 g/mol. The van der Waals surface area contributed by atoms with E-state index in [0.29, 0.717) is 27.4 Å². The van der Waals surface area contributed by atoms with Crippen LogP contribution in [0.2, 0.25) is 10.0 Å². The number of rotatable bonds is 4. The summed E-state index contributed by atoms with van der Waals surface area (Å²) in [5, 5.41) is 4.16. The van der Waals surface area contributed by atoms with E-state index in [1.54, 1.807) is 18.2 Å². The molecule has 19 heavy (non-hydrogen) atoms. The van der Waals surface area contributed by atoms with Crippen LogP contribution >= 0.6 is 35.0 Å². The van der Waals surface area contributed by atoms with Crippen LogP contribution in [0.4, 0.5) is 10.3 Å². The van der Waals surface area contributed by atoms with E-state index in [-0.39, 0.29) is 5.03 Å². The highest BCUT2D eigenvalue weighted by Crippen LogP contribution is 2.35. The number of anilines is 1. The lowest BCUT2D eigenvalue weighted by Gasteiger charge is -2.07. The largest absolute Gasteiger partial charge is 0.354 e. The molecular weight excluding hydrogens is 308 g/mol. The normalized spacial score (nSPS) is 10.5. The van der Waals surface area contributed by atoms with Crippen molar-refractivity contribution in [2.75, 3.05) is 11.9 Å². The molecular formula is C12H10Cl2FN3S. The molecule has 2 aromatic rings. The van der Waals surface area contributed by atoms with E-state index in [9.17, 15) is 4.39 Å². The Morgan fingerprint density at radius 1 is 1.37 bits per heavy atom. The zero-order valence-electron chi connectivity index (χ0n) is 9.95. The SMILES string of the molecule is CCNc1ncc(F)c(Sc2cc(Cl)ccc2Cl)n1. The average Bonchev–Trinajstić information content (AvgIpc) is 2.38. The maximum Gasteiger partial charge on any atom is 0.223 e. The lowest BCUT2D eigenvalue weighted by molar-refractivity contribution is 0.580. The van der Waals surface area contributed by atoms with E-state index in [1.807, 2.05) is 6.92 Å². The van der Waals surface area contributed by atoms with Crippen molar-refractivity contribution in [2.24, 2.45) is 0 Å². The summed E-state index contributed by atoms with van der Waals surface area (Å²) < 4.78 is 13.7. The first kappa shape index (κ1) is 14.4. The molecule has 3 nitrogen and oxygen atoms in total. The Kier molecular flexibility index (Phi) is 4.85. The van der Waals surface area contributed by atoms with Crippen LogP contribution < -0.4 is 5.32 Å². The molecule has 1 aromatic carbocycles. The van der Waals surface area contributed by atoms with Gasteiger partial charge in [0.25, 0.3) is 0 Å². The Hall–Kier alpha value is -1.04. The molecule has 0 aliphatic heterocycles. The van der Waals surface area contributed by atoms with Gasteiger partial charge in [0.1, 0.15) is 5.03 Å². The smallest absolute Gasteiger partial charge is 0.223 e. The zero-order valence-corrected chi connectivity index (χ0v) is 12.3. The summed E-state index contributed by atoms with van der Waals surface area (Å²) in [5.41, 5.74) is 0. The van der Waals surface area contributed by atoms with Gasteiger partial charge in [-0.05, 0) is 25.1 Å². The number of nitrogens with one attached hydrogen (secondary N) is 1. The predicted molar refractivity (Wildman–Crippen MR) is 76.7 cm³/mol. The number of aromatic nitrogens is 2. The van der Waals surface area contributed by atoms with Gasteiger partial charge < -0.3 is 5.32 Å². The lowest BCUT2D eigenvalue weighted by Crippen LogP contribution is -2.03. The third-order valence-electron chi connectivity index (χ3n) is 2.15. The van der Waals surface area contributed by atoms with Crippen molar-refractivity contribution < 1.29 is 4.39 Å². The minimum absolute atomic E-state index is 0.204. The third-order valence-corrected chi connectivity index (χ3v) is 3.86. The van der Waals surface area contributed by atoms with Gasteiger partial charge in [0, 0.05) is 16.5 Å². The second-order valence-corrected chi connectivity index (χ2v) is 5.43. The molecule has 1 heterocycles. The number of nitrogens with zero attached hydrogens (tertiary/aromatic N) is 2. The maximum absolute atomic E-state index is 13.7. The highest BCUT2D eigenvalue weighted by Gasteiger charge is 2.11. The first-order chi connectivity index (χ1) is 9.10. The summed E-state index contributed by atoms with van der Waals surface area (Å²) in [6.45, 7) is 2.57. The standard InChI is InChI=1S/C12H10Cl2FN3S/c1-2-16-12-17-6-9(15)11(18-12)19-10-5-7(13)3-4-8(10)14/h3-6H,2H2,1H3,(H,16,17,18). The van der Waals surface area contributed by atoms with Crippen molar-refractivity contribution >= 4 is 40.9 Å². The Bertz CT molecular complexity index is 595. The van der Waals surface area contributed by atoms with Gasteiger partial charge in [0.05, 0.1) is 11.2 Å². The number of hydrogen-bond donors (Lipinski definition) is 1. The van der Waals surface area contributed by atoms with E-state index in [0.717, 1.165) is 18.0 Å². The highest BCUT2D eigenvalue weighted by molar-refractivity contribution is 7.99. The van der Waals surface area contributed by atoms with Crippen LogP contribution in [0.25, 0.3) is 0 Å². The van der Waals surface area contributed by atoms with Gasteiger partial charge in [-0.1, -0.05) is 35.0 Å². The number of halogens is 3. The first-order valence-corrected chi connectivity index (χ1v) is 7.06. The molecule has 0 radical (unpaired) electrons. The second kappa shape index (κ2) is 6.41. The minimum atomic E-state index is -0.498. The van der Waals surface area contributed by atoms with Gasteiger partial charge >= 0.3 is 0 Å². The van der Waals surface area contributed by atoms with Crippen LogP contribution in [0, 0.1) is 5.82 Å². The quantitative estimate of drug-likeness (QED) is 0.842. The molecule has 0 aliphatic carbocycles. The second-order valence-electron chi connectivity index (χ2n) is 3.55. The molecule has 0 spiro atoms. The summed E-state index contributed by atoms with van der Waals surface area (Å²) in [7, 11) is 0. The van der Waals surface area contributed by atoms with Crippen molar-refractivity contribution in [3.8, 4) is 0 Å². The van der Waals surface area contributed by atoms with Gasteiger partial charge in [0.15, 0.2) is 5.82 Å². The van der Waals surface area contributed by atoms with Crippen LogP contribution in [-0.4, -0.2) is 16.5 Å². The van der Waals surface area contributed by atoms with Crippen molar-refractivity contribution in [3.05, 3.63) is 40.3 Å². The molecule has 7 heteroatoms. The molecule has 0 fully saturated rings. The Labute approximate surface area is 124 Å². The molecule has 0 bridgehead atoms. The molecule has 1 N–H and O–H groups in total. The van der Waals surface area contributed by atoms with E-state index >= 15 is 0 Å². The van der Waals surface area contributed by atoms with E-state index in [2.05, 4.69) is 15.3 Å². The van der Waals surface area contributed by atoms with Gasteiger partial charge in [-0.15, -0.1) is 0 Å². The zero-order chi connectivity index (χ0) is 13.8. The summed E-state index contributed by atoms with van der Waals surface area (Å²) in [6.07, 6.45) is 1.13. The van der Waals surface area contributed by atoms with Crippen molar-refractivity contribution in [3.63, 3.8) is 0 Å². The summed E-state index contributed by atoms with van der Waals surface area (Å²) >= 11 is 13.0. The molecule has 0 unspecified atom stereocenters. The summed E-state index contributed by atoms with van der Waals surface area (Å²) in [6, 6.07) is 5.01. The Morgan fingerprint density at radius 3 is 2.89 bits per heavy atom. The first-order valence-electron chi connectivity index (χ1n) is 5.49. The van der Waals surface area contributed by atoms with Crippen molar-refractivity contribution in [2.45, 2.75) is 16.8 Å². The van der Waals surface area contributed by atoms with Crippen LogP contribution in [0.3, 0.4) is 0 Å². The third kappa shape index (κ3) is 3.72. The highest BCUT2D eigenvalue weighted by atomic mass is 35.5. The Morgan fingerprint density at radius 2 is 2.16 bits per heavy atom. The van der Waals surface area contributed by atoms with Crippen LogP contribution in [-0.2, 0) is 0 Å². The summed E-state index contributed by atoms with van der Waals surface area (Å²) in [5.74, 6) is -0.118. The van der Waals surface area contributed by atoms with Gasteiger partial charge in [0.2, 0.25) is 5.95 Å². The maximum atomic E-state index is 13.7. The number of benzene rings is 1. The molecule has 0 saturated carbocycles. The van der Waals surface area contributed by atoms with Crippen LogP contribution in [0.5, 0.6) is 0 Å². The van der Waals surface area contributed by atoms with E-state index in [1.165, 1.54) is 0 Å². The fourth-order valence-electron chi connectivity index (χ4n) is 1.33. The van der Waals surface area contributed by atoms with Gasteiger partial charge in [-0.3, -0.25) is 0 Å². The topological polar surface area (TPSA) is 37.8 Å². The van der Waals surface area contributed by atoms with Gasteiger partial charge in [-0.2, -0.15) is 0 Å². The summed E-state index contributed by atoms with van der Waals surface area (Å²) in [4.78, 5) is 8.58. The minimum Gasteiger partial charge on any atom is -0.354 e. The van der Waals surface area contributed by atoms with E-state index in [4.69, 9.17) is 23.2 Å². The number of hydrogen-bond acceptors (Lipinski definition) is 4. The molecule has 100 valence electrons. The molecule has 0 atom stereocenters. The molecule has 0 amide bonds. The predicted octanol–water partition coefficient (Wildman–Crippen LogP) is 4.51. The molecule has 0 aliphatic rings. The Balaban J connectivity index is 2.31. The van der Waals surface area contributed by atoms with Crippen molar-refractivity contribution in [1.82, 2.24) is 9.97 Å². The van der Waals surface area contributed by atoms with Crippen molar-refractivity contribution in [1.29, 1.82) is 0 Å². The fourth-order valence-corrected chi connectivity index (χ4v) is 2.64. The molecule has 0 saturated heterocycles. The van der Waals surface area contributed by atoms with Gasteiger partial charge in [-0.25, -0.2) is 14.4 Å². The average molecular weight is 318 g/mol. The lowest BCUT2D eigenvalue weighted by atomic mass is 10.4. The van der Waals surface area contributed by atoms with Crippen LogP contribution in [0.1, 0.15) is 6.92 Å². The van der Waals surface area contributed by atoms with Crippen LogP contribution in [0.15, 0.2) is 34.3 Å². The molecule has 1 aromatic heterocycles. The molecule has 2 rings (SSSR count). The fraction of sp³-hybridized carbons (Fsp3) is 0.167. The van der Waals surface area contributed by atoms with E-state index < -0.39 is 5.82 Å².